The average molecular weight is 327 g/mol. The number of amides is 1. The smallest absolute Gasteiger partial charge is 0.274 e. The lowest BCUT2D eigenvalue weighted by Crippen LogP contribution is -2.61. The van der Waals surface area contributed by atoms with Crippen LogP contribution < -0.4 is 0 Å². The lowest BCUT2D eigenvalue weighted by atomic mass is 9.85. The molecule has 2 aliphatic heterocycles. The van der Waals surface area contributed by atoms with Gasteiger partial charge in [0.05, 0.1) is 31.0 Å². The lowest BCUT2D eigenvalue weighted by molar-refractivity contribution is -0.0866. The maximum Gasteiger partial charge on any atom is 0.274 e. The number of hydrogen-bond donors (Lipinski definition) is 2. The van der Waals surface area contributed by atoms with Gasteiger partial charge in [0.1, 0.15) is 5.60 Å². The van der Waals surface area contributed by atoms with Crippen molar-refractivity contribution in [2.75, 3.05) is 13.1 Å². The van der Waals surface area contributed by atoms with E-state index in [1.807, 2.05) is 44.2 Å². The van der Waals surface area contributed by atoms with E-state index in [-0.39, 0.29) is 18.1 Å². The van der Waals surface area contributed by atoms with E-state index in [2.05, 4.69) is 10.2 Å². The van der Waals surface area contributed by atoms with Crippen molar-refractivity contribution in [3.8, 4) is 0 Å². The van der Waals surface area contributed by atoms with E-state index < -0.39 is 5.60 Å². The maximum absolute atomic E-state index is 12.8. The topological polar surface area (TPSA) is 78.5 Å². The summed E-state index contributed by atoms with van der Waals surface area (Å²) in [6, 6.07) is 9.47. The van der Waals surface area contributed by atoms with Crippen molar-refractivity contribution in [2.45, 2.75) is 38.1 Å². The molecule has 2 aromatic rings. The monoisotopic (exact) mass is 327 g/mol. The molecule has 24 heavy (non-hydrogen) atoms. The molecule has 6 nitrogen and oxygen atoms in total. The largest absolute Gasteiger partial charge is 0.381 e. The number of β-amino-alcohol motifs (C(OH)–C–C–N with tert-alkyl or cyclic N) is 1. The Morgan fingerprint density at radius 2 is 2.04 bits per heavy atom. The Bertz CT molecular complexity index is 765. The van der Waals surface area contributed by atoms with Crippen LogP contribution in [0.4, 0.5) is 0 Å². The molecule has 2 N–H and O–H groups in total. The molecule has 0 aliphatic carbocycles. The van der Waals surface area contributed by atoms with E-state index in [9.17, 15) is 9.90 Å². The van der Waals surface area contributed by atoms with Crippen LogP contribution in [-0.2, 0) is 16.8 Å². The van der Waals surface area contributed by atoms with Crippen LogP contribution in [0.1, 0.15) is 47.3 Å². The molecule has 0 radical (unpaired) electrons. The zero-order valence-corrected chi connectivity index (χ0v) is 13.8. The summed E-state index contributed by atoms with van der Waals surface area (Å²) in [5.74, 6) is -0.130. The Balaban J connectivity index is 1.53. The highest BCUT2D eigenvalue weighted by Gasteiger charge is 2.46. The molecule has 0 bridgehead atoms. The summed E-state index contributed by atoms with van der Waals surface area (Å²) in [6.45, 7) is 4.54. The normalized spacial score (nSPS) is 25.0. The van der Waals surface area contributed by atoms with Crippen molar-refractivity contribution in [3.05, 3.63) is 52.8 Å². The van der Waals surface area contributed by atoms with Crippen LogP contribution in [0.3, 0.4) is 0 Å². The number of aromatic amines is 1. The van der Waals surface area contributed by atoms with Gasteiger partial charge in [0.15, 0.2) is 5.69 Å². The van der Waals surface area contributed by atoms with Crippen molar-refractivity contribution >= 4 is 5.91 Å². The Kier molecular flexibility index (Phi) is 3.47. The Morgan fingerprint density at radius 3 is 2.75 bits per heavy atom. The third kappa shape index (κ3) is 2.34. The van der Waals surface area contributed by atoms with E-state index in [1.54, 1.807) is 4.90 Å². The fraction of sp³-hybridized carbons (Fsp3) is 0.444. The van der Waals surface area contributed by atoms with Crippen LogP contribution in [-0.4, -0.2) is 45.3 Å². The first-order chi connectivity index (χ1) is 11.5. The molecule has 4 rings (SSSR count). The van der Waals surface area contributed by atoms with Crippen molar-refractivity contribution < 1.29 is 14.6 Å². The zero-order chi connectivity index (χ0) is 16.9. The van der Waals surface area contributed by atoms with E-state index >= 15 is 0 Å². The molecular weight excluding hydrogens is 306 g/mol. The SMILES string of the molecule is C[C@@H]1Cc2c(C(=O)N3CC(O)(c4ccccc4)C3)n[nH]c2[C@H](C)O1. The minimum absolute atomic E-state index is 0.0642. The van der Waals surface area contributed by atoms with E-state index in [0.717, 1.165) is 16.8 Å². The highest BCUT2D eigenvalue weighted by Crippen LogP contribution is 2.35. The number of rotatable bonds is 2. The summed E-state index contributed by atoms with van der Waals surface area (Å²) in [7, 11) is 0. The second-order valence-electron chi connectivity index (χ2n) is 6.82. The first-order valence-corrected chi connectivity index (χ1v) is 8.28. The van der Waals surface area contributed by atoms with Crippen LogP contribution in [0.25, 0.3) is 0 Å². The molecular formula is C18H21N3O3. The summed E-state index contributed by atoms with van der Waals surface area (Å²) >= 11 is 0. The number of benzene rings is 1. The Hall–Kier alpha value is -2.18. The van der Waals surface area contributed by atoms with E-state index in [0.29, 0.717) is 25.2 Å². The van der Waals surface area contributed by atoms with Gasteiger partial charge < -0.3 is 14.7 Å². The number of aromatic nitrogens is 2. The molecule has 1 amide bonds. The fourth-order valence-electron chi connectivity index (χ4n) is 3.66. The van der Waals surface area contributed by atoms with Gasteiger partial charge in [0.25, 0.3) is 5.91 Å². The van der Waals surface area contributed by atoms with E-state index in [1.165, 1.54) is 0 Å². The molecule has 1 saturated heterocycles. The van der Waals surface area contributed by atoms with Gasteiger partial charge in [-0.15, -0.1) is 0 Å². The zero-order valence-electron chi connectivity index (χ0n) is 13.8. The quantitative estimate of drug-likeness (QED) is 0.881. The molecule has 0 unspecified atom stereocenters. The number of nitrogens with zero attached hydrogens (tertiary/aromatic N) is 2. The van der Waals surface area contributed by atoms with Gasteiger partial charge in [0.2, 0.25) is 0 Å². The van der Waals surface area contributed by atoms with Crippen molar-refractivity contribution in [2.24, 2.45) is 0 Å². The summed E-state index contributed by atoms with van der Waals surface area (Å²) in [4.78, 5) is 14.4. The first-order valence-electron chi connectivity index (χ1n) is 8.28. The number of ether oxygens (including phenoxy) is 1. The highest BCUT2D eigenvalue weighted by atomic mass is 16.5. The van der Waals surface area contributed by atoms with Gasteiger partial charge in [-0.1, -0.05) is 30.3 Å². The van der Waals surface area contributed by atoms with Crippen LogP contribution in [0.15, 0.2) is 30.3 Å². The van der Waals surface area contributed by atoms with Crippen LogP contribution >= 0.6 is 0 Å². The summed E-state index contributed by atoms with van der Waals surface area (Å²) in [6.07, 6.45) is 0.651. The Morgan fingerprint density at radius 1 is 1.33 bits per heavy atom. The van der Waals surface area contributed by atoms with Gasteiger partial charge in [-0.2, -0.15) is 5.10 Å². The van der Waals surface area contributed by atoms with Gasteiger partial charge in [-0.3, -0.25) is 9.89 Å². The van der Waals surface area contributed by atoms with Crippen molar-refractivity contribution in [3.63, 3.8) is 0 Å². The molecule has 1 aromatic heterocycles. The number of carbonyl (C=O) groups excluding carboxylic acids is 1. The number of H-pyrrole nitrogens is 1. The molecule has 1 aromatic carbocycles. The number of hydrogen-bond acceptors (Lipinski definition) is 4. The second kappa shape index (κ2) is 5.43. The standard InChI is InChI=1S/C18H21N3O3/c1-11-8-14-15(12(2)24-11)19-20-16(14)17(22)21-9-18(23,10-21)13-6-4-3-5-7-13/h3-7,11-12,23H,8-10H2,1-2H3,(H,19,20)/t11-,12+/m1/s1. The van der Waals surface area contributed by atoms with Crippen LogP contribution in [0.5, 0.6) is 0 Å². The maximum atomic E-state index is 12.8. The fourth-order valence-corrected chi connectivity index (χ4v) is 3.66. The van der Waals surface area contributed by atoms with Gasteiger partial charge in [-0.25, -0.2) is 0 Å². The molecule has 6 heteroatoms. The Labute approximate surface area is 140 Å². The molecule has 0 saturated carbocycles. The third-order valence-corrected chi connectivity index (χ3v) is 4.94. The minimum atomic E-state index is -0.961. The van der Waals surface area contributed by atoms with Crippen molar-refractivity contribution in [1.29, 1.82) is 0 Å². The number of aliphatic hydroxyl groups is 1. The molecule has 1 fully saturated rings. The predicted molar refractivity (Wildman–Crippen MR) is 87.5 cm³/mol. The van der Waals surface area contributed by atoms with Gasteiger partial charge in [-0.05, 0) is 19.4 Å². The number of likely N-dealkylation sites (tertiary alicyclic amines) is 1. The van der Waals surface area contributed by atoms with Gasteiger partial charge >= 0.3 is 0 Å². The number of fused-ring (bicyclic) bond motifs is 1. The molecule has 2 atom stereocenters. The van der Waals surface area contributed by atoms with Gasteiger partial charge in [0, 0.05) is 12.0 Å². The van der Waals surface area contributed by atoms with Crippen molar-refractivity contribution in [1.82, 2.24) is 15.1 Å². The minimum Gasteiger partial charge on any atom is -0.381 e. The predicted octanol–water partition coefficient (Wildman–Crippen LogP) is 1.78. The number of carbonyl (C=O) groups is 1. The third-order valence-electron chi connectivity index (χ3n) is 4.94. The van der Waals surface area contributed by atoms with Crippen LogP contribution in [0.2, 0.25) is 0 Å². The molecule has 126 valence electrons. The average Bonchev–Trinajstić information content (AvgIpc) is 2.96. The van der Waals surface area contributed by atoms with E-state index in [4.69, 9.17) is 4.74 Å². The lowest BCUT2D eigenvalue weighted by Gasteiger charge is -2.46. The highest BCUT2D eigenvalue weighted by molar-refractivity contribution is 5.95. The summed E-state index contributed by atoms with van der Waals surface area (Å²) in [5.41, 5.74) is 2.17. The number of nitrogens with one attached hydrogen (secondary N) is 1. The second-order valence-corrected chi connectivity index (χ2v) is 6.82. The molecule has 2 aliphatic rings. The molecule has 0 spiro atoms. The van der Waals surface area contributed by atoms with Crippen LogP contribution in [0, 0.1) is 0 Å². The molecule has 3 heterocycles. The summed E-state index contributed by atoms with van der Waals surface area (Å²) in [5, 5.41) is 17.9. The summed E-state index contributed by atoms with van der Waals surface area (Å²) < 4.78 is 5.76. The first kappa shape index (κ1) is 15.4.